The number of carbonyl (C=O) groups is 2. The fraction of sp³-hybridized carbons (Fsp3) is 0.294. The number of hydrogen-bond donors (Lipinski definition) is 2. The second kappa shape index (κ2) is 8.62. The Morgan fingerprint density at radius 1 is 1.20 bits per heavy atom. The zero-order chi connectivity index (χ0) is 18.2. The maximum atomic E-state index is 12.3. The first-order valence-corrected chi connectivity index (χ1v) is 7.67. The summed E-state index contributed by atoms with van der Waals surface area (Å²) in [5, 5.41) is 11.5. The summed E-state index contributed by atoms with van der Waals surface area (Å²) in [4.78, 5) is 31.1. The van der Waals surface area contributed by atoms with E-state index < -0.39 is 12.6 Å². The van der Waals surface area contributed by atoms with E-state index in [0.717, 1.165) is 0 Å². The lowest BCUT2D eigenvalue weighted by Gasteiger charge is -2.12. The molecule has 2 N–H and O–H groups in total. The number of nitrogens with one attached hydrogen (secondary N) is 1. The SMILES string of the molecule is CCOc1cc(C(=O)NCc2ccnc(C)n2)ccc1OCC(=O)O. The maximum Gasteiger partial charge on any atom is 0.341 e. The van der Waals surface area contributed by atoms with Gasteiger partial charge in [0.15, 0.2) is 18.1 Å². The topological polar surface area (TPSA) is 111 Å². The van der Waals surface area contributed by atoms with Crippen LogP contribution >= 0.6 is 0 Å². The molecule has 0 saturated heterocycles. The predicted octanol–water partition coefficient (Wildman–Crippen LogP) is 1.58. The van der Waals surface area contributed by atoms with Crippen LogP contribution in [0, 0.1) is 6.92 Å². The average Bonchev–Trinajstić information content (AvgIpc) is 2.58. The van der Waals surface area contributed by atoms with Gasteiger partial charge in [0.05, 0.1) is 18.8 Å². The third-order valence-corrected chi connectivity index (χ3v) is 3.12. The second-order valence-corrected chi connectivity index (χ2v) is 5.05. The Bertz CT molecular complexity index is 764. The van der Waals surface area contributed by atoms with Gasteiger partial charge in [-0.2, -0.15) is 0 Å². The minimum absolute atomic E-state index is 0.267. The molecule has 1 aromatic heterocycles. The Labute approximate surface area is 144 Å². The zero-order valence-corrected chi connectivity index (χ0v) is 14.0. The van der Waals surface area contributed by atoms with Gasteiger partial charge < -0.3 is 19.9 Å². The van der Waals surface area contributed by atoms with Crippen LogP contribution in [-0.4, -0.2) is 40.2 Å². The summed E-state index contributed by atoms with van der Waals surface area (Å²) in [7, 11) is 0. The monoisotopic (exact) mass is 345 g/mol. The summed E-state index contributed by atoms with van der Waals surface area (Å²) < 4.78 is 10.6. The number of rotatable bonds is 8. The smallest absolute Gasteiger partial charge is 0.341 e. The highest BCUT2D eigenvalue weighted by atomic mass is 16.5. The quantitative estimate of drug-likeness (QED) is 0.747. The van der Waals surface area contributed by atoms with Crippen LogP contribution in [0.4, 0.5) is 0 Å². The lowest BCUT2D eigenvalue weighted by atomic mass is 10.2. The Morgan fingerprint density at radius 2 is 2.00 bits per heavy atom. The molecular formula is C17H19N3O5. The Balaban J connectivity index is 2.08. The Kier molecular flexibility index (Phi) is 6.27. The third-order valence-electron chi connectivity index (χ3n) is 3.12. The number of carbonyl (C=O) groups excluding carboxylic acids is 1. The van der Waals surface area contributed by atoms with Gasteiger partial charge in [0, 0.05) is 11.8 Å². The van der Waals surface area contributed by atoms with E-state index in [0.29, 0.717) is 29.4 Å². The zero-order valence-electron chi connectivity index (χ0n) is 14.0. The van der Waals surface area contributed by atoms with E-state index in [1.165, 1.54) is 12.1 Å². The molecule has 2 rings (SSSR count). The van der Waals surface area contributed by atoms with E-state index in [2.05, 4.69) is 15.3 Å². The molecule has 0 saturated carbocycles. The summed E-state index contributed by atoms with van der Waals surface area (Å²) in [5.41, 5.74) is 1.07. The molecule has 0 radical (unpaired) electrons. The van der Waals surface area contributed by atoms with Gasteiger partial charge in [-0.05, 0) is 38.1 Å². The molecule has 132 valence electrons. The molecule has 0 aliphatic heterocycles. The fourth-order valence-electron chi connectivity index (χ4n) is 2.05. The van der Waals surface area contributed by atoms with Crippen LogP contribution in [0.15, 0.2) is 30.5 Å². The molecule has 0 aliphatic rings. The predicted molar refractivity (Wildman–Crippen MR) is 88.7 cm³/mol. The second-order valence-electron chi connectivity index (χ2n) is 5.05. The largest absolute Gasteiger partial charge is 0.490 e. The Morgan fingerprint density at radius 3 is 2.68 bits per heavy atom. The van der Waals surface area contributed by atoms with Gasteiger partial charge >= 0.3 is 5.97 Å². The molecule has 25 heavy (non-hydrogen) atoms. The van der Waals surface area contributed by atoms with Crippen molar-refractivity contribution in [2.24, 2.45) is 0 Å². The lowest BCUT2D eigenvalue weighted by Crippen LogP contribution is -2.23. The van der Waals surface area contributed by atoms with Crippen LogP contribution in [0.25, 0.3) is 0 Å². The highest BCUT2D eigenvalue weighted by molar-refractivity contribution is 5.94. The summed E-state index contributed by atoms with van der Waals surface area (Å²) in [6, 6.07) is 6.29. The van der Waals surface area contributed by atoms with Crippen LogP contribution < -0.4 is 14.8 Å². The third kappa shape index (κ3) is 5.45. The van der Waals surface area contributed by atoms with Crippen LogP contribution in [0.3, 0.4) is 0 Å². The number of amides is 1. The maximum absolute atomic E-state index is 12.3. The molecular weight excluding hydrogens is 326 g/mol. The summed E-state index contributed by atoms with van der Waals surface area (Å²) in [6.45, 7) is 3.69. The summed E-state index contributed by atoms with van der Waals surface area (Å²) >= 11 is 0. The van der Waals surface area contributed by atoms with Crippen molar-refractivity contribution in [3.8, 4) is 11.5 Å². The normalized spacial score (nSPS) is 10.2. The van der Waals surface area contributed by atoms with Crippen LogP contribution in [0.1, 0.15) is 28.8 Å². The fourth-order valence-corrected chi connectivity index (χ4v) is 2.05. The number of aromatic nitrogens is 2. The first kappa shape index (κ1) is 18.2. The lowest BCUT2D eigenvalue weighted by molar-refractivity contribution is -0.139. The minimum Gasteiger partial charge on any atom is -0.490 e. The van der Waals surface area contributed by atoms with Gasteiger partial charge in [-0.3, -0.25) is 4.79 Å². The number of nitrogens with zero attached hydrogens (tertiary/aromatic N) is 2. The molecule has 0 spiro atoms. The van der Waals surface area contributed by atoms with E-state index in [1.54, 1.807) is 32.2 Å². The first-order valence-electron chi connectivity index (χ1n) is 7.67. The summed E-state index contributed by atoms with van der Waals surface area (Å²) in [5.74, 6) is -0.182. The van der Waals surface area contributed by atoms with Crippen LogP contribution in [-0.2, 0) is 11.3 Å². The van der Waals surface area contributed by atoms with Gasteiger partial charge in [-0.25, -0.2) is 14.8 Å². The molecule has 2 aromatic rings. The van der Waals surface area contributed by atoms with Crippen molar-refractivity contribution < 1.29 is 24.2 Å². The van der Waals surface area contributed by atoms with Gasteiger partial charge in [-0.1, -0.05) is 0 Å². The Hall–Kier alpha value is -3.16. The first-order chi connectivity index (χ1) is 12.0. The van der Waals surface area contributed by atoms with Crippen LogP contribution in [0.5, 0.6) is 11.5 Å². The standard InChI is InChI=1S/C17H19N3O5/c1-3-24-15-8-12(4-5-14(15)25-10-16(21)22)17(23)19-9-13-6-7-18-11(2)20-13/h4-8H,3,9-10H2,1-2H3,(H,19,23)(H,21,22). The molecule has 8 nitrogen and oxygen atoms in total. The highest BCUT2D eigenvalue weighted by Crippen LogP contribution is 2.28. The summed E-state index contributed by atoms with van der Waals surface area (Å²) in [6.07, 6.45) is 1.63. The molecule has 8 heteroatoms. The average molecular weight is 345 g/mol. The number of benzene rings is 1. The van der Waals surface area contributed by atoms with E-state index in [4.69, 9.17) is 14.6 Å². The number of aliphatic carboxylic acids is 1. The van der Waals surface area contributed by atoms with Crippen molar-refractivity contribution >= 4 is 11.9 Å². The number of aryl methyl sites for hydroxylation is 1. The molecule has 1 aromatic carbocycles. The van der Waals surface area contributed by atoms with Gasteiger partial charge in [-0.15, -0.1) is 0 Å². The van der Waals surface area contributed by atoms with E-state index in [9.17, 15) is 9.59 Å². The molecule has 0 atom stereocenters. The molecule has 0 unspecified atom stereocenters. The van der Waals surface area contributed by atoms with Crippen molar-refractivity contribution in [1.82, 2.24) is 15.3 Å². The number of ether oxygens (including phenoxy) is 2. The molecule has 0 fully saturated rings. The number of hydrogen-bond acceptors (Lipinski definition) is 6. The van der Waals surface area contributed by atoms with Crippen molar-refractivity contribution in [1.29, 1.82) is 0 Å². The van der Waals surface area contributed by atoms with E-state index in [-0.39, 0.29) is 18.2 Å². The highest BCUT2D eigenvalue weighted by Gasteiger charge is 2.13. The number of carboxylic acid groups (broad SMARTS) is 1. The van der Waals surface area contributed by atoms with Crippen molar-refractivity contribution in [3.05, 3.63) is 47.5 Å². The van der Waals surface area contributed by atoms with Crippen molar-refractivity contribution in [3.63, 3.8) is 0 Å². The van der Waals surface area contributed by atoms with Crippen molar-refractivity contribution in [2.75, 3.05) is 13.2 Å². The van der Waals surface area contributed by atoms with Gasteiger partial charge in [0.25, 0.3) is 5.91 Å². The molecule has 0 aliphatic carbocycles. The van der Waals surface area contributed by atoms with Crippen molar-refractivity contribution in [2.45, 2.75) is 20.4 Å². The van der Waals surface area contributed by atoms with Gasteiger partial charge in [0.1, 0.15) is 5.82 Å². The van der Waals surface area contributed by atoms with E-state index >= 15 is 0 Å². The molecule has 1 amide bonds. The van der Waals surface area contributed by atoms with E-state index in [1.807, 2.05) is 0 Å². The van der Waals surface area contributed by atoms with Crippen LogP contribution in [0.2, 0.25) is 0 Å². The number of carboxylic acids is 1. The molecule has 0 bridgehead atoms. The minimum atomic E-state index is -1.09. The molecule has 1 heterocycles. The van der Waals surface area contributed by atoms with Gasteiger partial charge in [0.2, 0.25) is 0 Å².